The lowest BCUT2D eigenvalue weighted by atomic mass is 10.00. The number of hydrogen-bond acceptors (Lipinski definition) is 4. The molecule has 0 aromatic heterocycles. The van der Waals surface area contributed by atoms with E-state index in [0.717, 1.165) is 0 Å². The lowest BCUT2D eigenvalue weighted by molar-refractivity contribution is -0.278. The third-order valence-electron chi connectivity index (χ3n) is 2.69. The lowest BCUT2D eigenvalue weighted by Crippen LogP contribution is -2.23. The molecule has 13 heteroatoms. The second-order valence-corrected chi connectivity index (χ2v) is 5.03. The molecule has 1 aromatic rings. The van der Waals surface area contributed by atoms with Crippen LogP contribution in [0, 0.1) is 5.92 Å². The molecule has 1 atom stereocenters. The molecule has 0 heterocycles. The van der Waals surface area contributed by atoms with Crippen LogP contribution in [0.5, 0.6) is 17.2 Å². The highest BCUT2D eigenvalue weighted by molar-refractivity contribution is 5.51. The zero-order chi connectivity index (χ0) is 20.3. The van der Waals surface area contributed by atoms with Gasteiger partial charge in [-0.25, -0.2) is 0 Å². The van der Waals surface area contributed by atoms with E-state index in [1.807, 2.05) is 0 Å². The van der Waals surface area contributed by atoms with E-state index in [4.69, 9.17) is 5.11 Å². The van der Waals surface area contributed by atoms with Gasteiger partial charge in [0.1, 0.15) is 17.2 Å². The van der Waals surface area contributed by atoms with Gasteiger partial charge < -0.3 is 19.3 Å². The van der Waals surface area contributed by atoms with Gasteiger partial charge in [-0.1, -0.05) is 6.92 Å². The molecule has 0 spiro atoms. The molecule has 0 bridgehead atoms. The maximum Gasteiger partial charge on any atom is 0.573 e. The van der Waals surface area contributed by atoms with Gasteiger partial charge in [0.15, 0.2) is 0 Å². The van der Waals surface area contributed by atoms with Crippen molar-refractivity contribution in [2.24, 2.45) is 5.92 Å². The Morgan fingerprint density at radius 1 is 0.808 bits per heavy atom. The molecule has 1 rings (SSSR count). The Kier molecular flexibility index (Phi) is 6.49. The van der Waals surface area contributed by atoms with E-state index in [1.54, 1.807) is 0 Å². The van der Waals surface area contributed by atoms with Crippen LogP contribution in [0.1, 0.15) is 12.5 Å². The normalized spacial score (nSPS) is 14.1. The Hall–Kier alpha value is -2.05. The molecule has 4 nitrogen and oxygen atoms in total. The molecule has 0 aliphatic carbocycles. The molecule has 0 amide bonds. The molecular formula is C13H11F9O4. The van der Waals surface area contributed by atoms with Crippen molar-refractivity contribution in [2.75, 3.05) is 6.61 Å². The van der Waals surface area contributed by atoms with Gasteiger partial charge in [0.2, 0.25) is 0 Å². The van der Waals surface area contributed by atoms with Crippen molar-refractivity contribution >= 4 is 0 Å². The van der Waals surface area contributed by atoms with Gasteiger partial charge in [-0.05, 0) is 12.3 Å². The van der Waals surface area contributed by atoms with Crippen LogP contribution in [0.15, 0.2) is 12.1 Å². The Balaban J connectivity index is 3.51. The monoisotopic (exact) mass is 402 g/mol. The van der Waals surface area contributed by atoms with Crippen molar-refractivity contribution in [3.05, 3.63) is 17.7 Å². The zero-order valence-electron chi connectivity index (χ0n) is 12.7. The van der Waals surface area contributed by atoms with Crippen molar-refractivity contribution < 1.29 is 58.8 Å². The van der Waals surface area contributed by atoms with Crippen molar-refractivity contribution in [2.45, 2.75) is 32.4 Å². The number of alkyl halides is 9. The molecule has 1 unspecified atom stereocenters. The van der Waals surface area contributed by atoms with Crippen LogP contribution in [0.4, 0.5) is 39.5 Å². The molecule has 0 aliphatic heterocycles. The Labute approximate surface area is 140 Å². The van der Waals surface area contributed by atoms with Gasteiger partial charge in [-0.2, -0.15) is 0 Å². The molecule has 1 N–H and O–H groups in total. The van der Waals surface area contributed by atoms with E-state index in [2.05, 4.69) is 14.2 Å². The summed E-state index contributed by atoms with van der Waals surface area (Å²) in [6, 6.07) is 0.257. The maximum atomic E-state index is 12.5. The fourth-order valence-corrected chi connectivity index (χ4v) is 1.83. The summed E-state index contributed by atoms with van der Waals surface area (Å²) in [5.41, 5.74) is -0.837. The largest absolute Gasteiger partial charge is 0.573 e. The van der Waals surface area contributed by atoms with Crippen LogP contribution < -0.4 is 14.2 Å². The third-order valence-corrected chi connectivity index (χ3v) is 2.69. The summed E-state index contributed by atoms with van der Waals surface area (Å²) < 4.78 is 122. The van der Waals surface area contributed by atoms with Crippen LogP contribution in [0.3, 0.4) is 0 Å². The number of halogens is 9. The maximum absolute atomic E-state index is 12.5. The number of ether oxygens (including phenoxy) is 3. The van der Waals surface area contributed by atoms with Gasteiger partial charge in [-0.15, -0.1) is 39.5 Å². The zero-order valence-corrected chi connectivity index (χ0v) is 12.7. The molecule has 1 aromatic carbocycles. The molecular weight excluding hydrogens is 391 g/mol. The average molecular weight is 402 g/mol. The second-order valence-electron chi connectivity index (χ2n) is 5.03. The fourth-order valence-electron chi connectivity index (χ4n) is 1.83. The standard InChI is InChI=1S/C13H11F9O4/c1-6(5-23)2-8-9(25-12(17,18)19)3-7(24-11(14,15)16)4-10(8)26-13(20,21)22/h3-4,6,23H,2,5H2,1H3. The van der Waals surface area contributed by atoms with Gasteiger partial charge >= 0.3 is 19.1 Å². The molecule has 0 radical (unpaired) electrons. The number of rotatable bonds is 6. The van der Waals surface area contributed by atoms with Gasteiger partial charge in [0, 0.05) is 24.3 Å². The average Bonchev–Trinajstić information content (AvgIpc) is 2.36. The summed E-state index contributed by atoms with van der Waals surface area (Å²) in [5, 5.41) is 8.95. The molecule has 150 valence electrons. The molecule has 26 heavy (non-hydrogen) atoms. The summed E-state index contributed by atoms with van der Waals surface area (Å²) in [7, 11) is 0. The number of aliphatic hydroxyl groups excluding tert-OH is 1. The third kappa shape index (κ3) is 7.89. The first-order valence-corrected chi connectivity index (χ1v) is 6.64. The van der Waals surface area contributed by atoms with Crippen LogP contribution in [0.2, 0.25) is 0 Å². The minimum absolute atomic E-state index is 0.129. The van der Waals surface area contributed by atoms with E-state index in [-0.39, 0.29) is 12.1 Å². The highest BCUT2D eigenvalue weighted by Gasteiger charge is 2.38. The predicted molar refractivity (Wildman–Crippen MR) is 66.4 cm³/mol. The summed E-state index contributed by atoms with van der Waals surface area (Å²) in [4.78, 5) is 0. The number of benzene rings is 1. The van der Waals surface area contributed by atoms with E-state index in [0.29, 0.717) is 0 Å². The van der Waals surface area contributed by atoms with Crippen molar-refractivity contribution in [1.82, 2.24) is 0 Å². The number of aliphatic hydroxyl groups is 1. The Morgan fingerprint density at radius 2 is 1.19 bits per heavy atom. The predicted octanol–water partition coefficient (Wildman–Crippen LogP) is 4.55. The summed E-state index contributed by atoms with van der Waals surface area (Å²) in [6.45, 7) is 0.645. The highest BCUT2D eigenvalue weighted by atomic mass is 19.4. The smallest absolute Gasteiger partial charge is 0.406 e. The second kappa shape index (κ2) is 7.68. The van der Waals surface area contributed by atoms with E-state index >= 15 is 0 Å². The van der Waals surface area contributed by atoms with E-state index in [9.17, 15) is 39.5 Å². The highest BCUT2D eigenvalue weighted by Crippen LogP contribution is 2.41. The van der Waals surface area contributed by atoms with Crippen LogP contribution in [0.25, 0.3) is 0 Å². The van der Waals surface area contributed by atoms with Crippen molar-refractivity contribution in [3.8, 4) is 17.2 Å². The van der Waals surface area contributed by atoms with Crippen LogP contribution in [-0.4, -0.2) is 30.8 Å². The molecule has 0 aliphatic rings. The quantitative estimate of drug-likeness (QED) is 0.710. The topological polar surface area (TPSA) is 47.9 Å². The van der Waals surface area contributed by atoms with Crippen LogP contribution in [-0.2, 0) is 6.42 Å². The van der Waals surface area contributed by atoms with E-state index in [1.165, 1.54) is 6.92 Å². The first-order valence-electron chi connectivity index (χ1n) is 6.64. The van der Waals surface area contributed by atoms with Gasteiger partial charge in [0.05, 0.1) is 0 Å². The Bertz CT molecular complexity index is 570. The minimum Gasteiger partial charge on any atom is -0.406 e. The molecule has 0 saturated carbocycles. The summed E-state index contributed by atoms with van der Waals surface area (Å²) in [6.07, 6.45) is -16.8. The van der Waals surface area contributed by atoms with Crippen molar-refractivity contribution in [1.29, 1.82) is 0 Å². The summed E-state index contributed by atoms with van der Waals surface area (Å²) >= 11 is 0. The number of hydrogen-bond donors (Lipinski definition) is 1. The first kappa shape index (κ1) is 22.0. The van der Waals surface area contributed by atoms with Gasteiger partial charge in [-0.3, -0.25) is 0 Å². The van der Waals surface area contributed by atoms with E-state index < -0.39 is 60.8 Å². The molecule has 0 fully saturated rings. The van der Waals surface area contributed by atoms with Crippen molar-refractivity contribution in [3.63, 3.8) is 0 Å². The Morgan fingerprint density at radius 3 is 1.50 bits per heavy atom. The lowest BCUT2D eigenvalue weighted by Gasteiger charge is -2.21. The van der Waals surface area contributed by atoms with Crippen LogP contribution >= 0.6 is 0 Å². The fraction of sp³-hybridized carbons (Fsp3) is 0.538. The first-order chi connectivity index (χ1) is 11.6. The minimum atomic E-state index is -5.41. The molecule has 0 saturated heterocycles. The van der Waals surface area contributed by atoms with Gasteiger partial charge in [0.25, 0.3) is 0 Å². The summed E-state index contributed by atoms with van der Waals surface area (Å²) in [5.74, 6) is -5.01. The SMILES string of the molecule is CC(CO)Cc1c(OC(F)(F)F)cc(OC(F)(F)F)cc1OC(F)(F)F.